The fraction of sp³-hybridized carbons (Fsp3) is 0.338. The maximum absolute atomic E-state index is 11.9. The standard InChI is InChI=1S/C19H23N7O3S.C15H18N6O2S.C14H19N5O2.C9H12BrN3O3.C9H14BrN3O.C5H2BrClN2O2/c1-5-6-20-17(27)25-19-23-14-9-13(12-10-21-18(28-4)22-11-12)15(24-16(14)30-19)29-8-7-26(2)3;1-21(2)4-5-23-12-10(9-7-17-15(22-3)18-8-9)6-11-13(20-12)24-14(16)19-11;1-19(2)4-5-21-13-12(6-11(15)9-16-13)10-7-17-14(20-3)18-8-10;1-12(2)3-4-16-9-8(10)5-7(6-11-9)13(14)15;1-13(2)3-4-14-9-8(10)5-7(11)6-12-9;6-4-1-3(9(10)11)2-8-5(4)7/h5,9-11H,1,6-8H2,2-4H3,(H2,20,23,25,27);6-8H,4-5H2,1-3H3,(H2,16,19);6-9H,4-5,15H2,1-3H3;5-6H,3-4H2,1-2H3;5-6H,3-4,11H2,1-2H3;1-2H. The van der Waals surface area contributed by atoms with E-state index in [1.807, 2.05) is 107 Å². The van der Waals surface area contributed by atoms with Gasteiger partial charge in [-0.2, -0.15) is 0 Å². The first-order valence-corrected chi connectivity index (χ1v) is 38.7. The van der Waals surface area contributed by atoms with Gasteiger partial charge in [-0.1, -0.05) is 40.4 Å². The number of thiazole rings is 2. The van der Waals surface area contributed by atoms with Crippen molar-refractivity contribution in [1.82, 2.24) is 99.6 Å². The van der Waals surface area contributed by atoms with E-state index in [1.54, 1.807) is 67.8 Å². The third kappa shape index (κ3) is 32.0. The number of nitrogens with two attached hydrogens (primary N) is 3. The summed E-state index contributed by atoms with van der Waals surface area (Å²) in [6, 6.07) is 10.5. The summed E-state index contributed by atoms with van der Waals surface area (Å²) in [5.74, 6) is 2.43. The Bertz CT molecular complexity index is 4960. The number of nitrogen functional groups attached to an aromatic ring is 3. The van der Waals surface area contributed by atoms with E-state index in [0.29, 0.717) is 127 Å². The van der Waals surface area contributed by atoms with E-state index in [1.165, 1.54) is 62.3 Å². The van der Waals surface area contributed by atoms with Crippen molar-refractivity contribution < 1.29 is 52.5 Å². The minimum absolute atomic E-state index is 0.0631. The van der Waals surface area contributed by atoms with E-state index in [0.717, 1.165) is 81.6 Å². The zero-order valence-corrected chi connectivity index (χ0v) is 72.7. The highest BCUT2D eigenvalue weighted by atomic mass is 79.9. The molecule has 0 saturated heterocycles. The maximum atomic E-state index is 11.9. The maximum Gasteiger partial charge on any atom is 0.321 e. The number of ether oxygens (including phenoxy) is 8. The predicted octanol–water partition coefficient (Wildman–Crippen LogP) is 10.6. The van der Waals surface area contributed by atoms with Crippen molar-refractivity contribution in [1.29, 1.82) is 0 Å². The van der Waals surface area contributed by atoms with Gasteiger partial charge in [0.2, 0.25) is 29.4 Å². The van der Waals surface area contributed by atoms with Crippen LogP contribution in [0.5, 0.6) is 47.4 Å². The molecule has 620 valence electrons. The van der Waals surface area contributed by atoms with Crippen molar-refractivity contribution in [2.75, 3.05) is 187 Å². The number of aromatic nitrogens is 14. The number of anilines is 4. The first-order valence-electron chi connectivity index (χ1n) is 34.3. The Balaban J connectivity index is 0.000000223. The lowest BCUT2D eigenvalue weighted by Crippen LogP contribution is -2.28. The third-order valence-electron chi connectivity index (χ3n) is 14.3. The summed E-state index contributed by atoms with van der Waals surface area (Å²) in [5.41, 5.74) is 24.0. The molecular weight excluding hydrogens is 1760 g/mol. The normalized spacial score (nSPS) is 10.7. The Morgan fingerprint density at radius 1 is 0.474 bits per heavy atom. The number of hydrogen-bond donors (Lipinski definition) is 5. The molecule has 11 aromatic heterocycles. The lowest BCUT2D eigenvalue weighted by atomic mass is 10.1. The highest BCUT2D eigenvalue weighted by Gasteiger charge is 2.20. The summed E-state index contributed by atoms with van der Waals surface area (Å²) in [6.07, 6.45) is 17.0. The SMILES string of the molecule is C=CCNC(=O)Nc1nc2cc(-c3cnc(OC)nc3)c(OCCN(C)C)nc2s1.CN(C)CCOc1ncc(N)cc1Br.CN(C)CCOc1ncc([N+](=O)[O-])cc1Br.COc1ncc(-c2cc(N)cnc2OCCN(C)C)cn1.COc1ncc(-c2cc3nc(N)sc3nc2OCCN(C)C)cn1.O=[N+]([O-])c1cnc(Cl)c(Br)c1. The van der Waals surface area contributed by atoms with E-state index >= 15 is 0 Å². The molecule has 8 N–H and O–H groups in total. The van der Waals surface area contributed by atoms with Gasteiger partial charge in [0, 0.05) is 122 Å². The van der Waals surface area contributed by atoms with E-state index in [2.05, 4.69) is 135 Å². The minimum atomic E-state index is -0.534. The molecular formula is C71H88Br3ClN26O13S2. The molecule has 0 aliphatic heterocycles. The number of hydrogen-bond acceptors (Lipinski definition) is 37. The number of pyridine rings is 6. The molecule has 0 aromatic carbocycles. The zero-order chi connectivity index (χ0) is 85.0. The fourth-order valence-electron chi connectivity index (χ4n) is 8.48. The monoisotopic (exact) mass is 1850 g/mol. The van der Waals surface area contributed by atoms with Crippen LogP contribution >= 0.6 is 82.1 Å². The van der Waals surface area contributed by atoms with Crippen LogP contribution in [0.25, 0.3) is 54.1 Å². The molecule has 39 nitrogen and oxygen atoms in total. The molecule has 0 atom stereocenters. The number of halogens is 4. The lowest BCUT2D eigenvalue weighted by Gasteiger charge is -2.13. The highest BCUT2D eigenvalue weighted by Crippen LogP contribution is 2.37. The number of carbonyl (C=O) groups excluding carboxylic acids is 1. The second-order valence-electron chi connectivity index (χ2n) is 24.8. The first-order chi connectivity index (χ1) is 55.4. The van der Waals surface area contributed by atoms with Gasteiger partial charge < -0.3 is 84.9 Å². The molecule has 116 heavy (non-hydrogen) atoms. The van der Waals surface area contributed by atoms with Gasteiger partial charge in [-0.05, 0) is 143 Å². The molecule has 11 rings (SSSR count). The molecule has 2 amide bonds. The van der Waals surface area contributed by atoms with Crippen molar-refractivity contribution >= 4 is 142 Å². The number of nitro groups is 2. The zero-order valence-electron chi connectivity index (χ0n) is 65.6. The summed E-state index contributed by atoms with van der Waals surface area (Å²) < 4.78 is 45.0. The van der Waals surface area contributed by atoms with Crippen LogP contribution in [0.3, 0.4) is 0 Å². The van der Waals surface area contributed by atoms with Crippen LogP contribution in [-0.2, 0) is 0 Å². The number of carbonyl (C=O) groups is 1. The van der Waals surface area contributed by atoms with Gasteiger partial charge in [-0.25, -0.2) is 74.6 Å². The van der Waals surface area contributed by atoms with Crippen molar-refractivity contribution in [2.45, 2.75) is 0 Å². The van der Waals surface area contributed by atoms with Gasteiger partial charge in [0.05, 0.1) is 68.4 Å². The Morgan fingerprint density at radius 2 is 0.828 bits per heavy atom. The van der Waals surface area contributed by atoms with Crippen molar-refractivity contribution in [3.05, 3.63) is 150 Å². The Labute approximate surface area is 706 Å². The van der Waals surface area contributed by atoms with Gasteiger partial charge in [0.15, 0.2) is 10.3 Å². The Morgan fingerprint density at radius 3 is 1.22 bits per heavy atom. The quantitative estimate of drug-likeness (QED) is 0.0117. The van der Waals surface area contributed by atoms with E-state index < -0.39 is 9.85 Å². The van der Waals surface area contributed by atoms with Crippen LogP contribution in [0.2, 0.25) is 5.15 Å². The van der Waals surface area contributed by atoms with Crippen LogP contribution in [-0.4, -0.2) is 274 Å². The lowest BCUT2D eigenvalue weighted by molar-refractivity contribution is -0.385. The summed E-state index contributed by atoms with van der Waals surface area (Å²) in [5, 5.41) is 27.1. The first kappa shape index (κ1) is 93.9. The molecule has 11 heterocycles. The second kappa shape index (κ2) is 48.4. The van der Waals surface area contributed by atoms with E-state index in [9.17, 15) is 25.0 Å². The number of fused-ring (bicyclic) bond motifs is 2. The number of nitrogens with one attached hydrogen (secondary N) is 2. The van der Waals surface area contributed by atoms with Crippen LogP contribution in [0.1, 0.15) is 0 Å². The largest absolute Gasteiger partial charge is 0.476 e. The smallest absolute Gasteiger partial charge is 0.321 e. The predicted molar refractivity (Wildman–Crippen MR) is 457 cm³/mol. The van der Waals surface area contributed by atoms with Gasteiger partial charge >= 0.3 is 24.1 Å². The van der Waals surface area contributed by atoms with Crippen LogP contribution in [0.4, 0.5) is 37.8 Å². The minimum Gasteiger partial charge on any atom is -0.476 e. The Kier molecular flexibility index (Phi) is 39.2. The molecule has 0 bridgehead atoms. The topological polar surface area (TPSA) is 476 Å². The molecule has 0 aliphatic rings. The summed E-state index contributed by atoms with van der Waals surface area (Å²) in [6.45, 7) is 10.5. The third-order valence-corrected chi connectivity index (χ3v) is 18.2. The van der Waals surface area contributed by atoms with E-state index in [-0.39, 0.29) is 28.6 Å². The van der Waals surface area contributed by atoms with Gasteiger partial charge in [0.1, 0.15) is 71.3 Å². The molecule has 0 fully saturated rings. The summed E-state index contributed by atoms with van der Waals surface area (Å²) >= 11 is 17.6. The van der Waals surface area contributed by atoms with Crippen LogP contribution in [0, 0.1) is 20.2 Å². The van der Waals surface area contributed by atoms with Gasteiger partial charge in [-0.15, -0.1) is 6.58 Å². The number of likely N-dealkylation sites (N-methyl/N-ethyl adjacent to an activating group) is 5. The Hall–Kier alpha value is -10.9. The second-order valence-corrected chi connectivity index (χ2v) is 29.7. The number of nitrogens with zero attached hydrogens (tertiary/aromatic N) is 21. The number of rotatable bonds is 31. The molecule has 11 aromatic rings. The van der Waals surface area contributed by atoms with Crippen LogP contribution in [0.15, 0.2) is 124 Å². The molecule has 0 aliphatic carbocycles. The van der Waals surface area contributed by atoms with Gasteiger partial charge in [0.25, 0.3) is 11.4 Å². The average molecular weight is 1850 g/mol. The number of methoxy groups -OCH3 is 3. The number of urea groups is 1. The molecule has 45 heteroatoms. The van der Waals surface area contributed by atoms with Crippen molar-refractivity contribution in [2.24, 2.45) is 0 Å². The molecule has 0 spiro atoms. The highest BCUT2D eigenvalue weighted by molar-refractivity contribution is 9.11. The number of amides is 2. The summed E-state index contributed by atoms with van der Waals surface area (Å²) in [7, 11) is 24.3. The van der Waals surface area contributed by atoms with E-state index in [4.69, 9.17) is 66.7 Å². The average Bonchev–Trinajstić information content (AvgIpc) is 1.58. The van der Waals surface area contributed by atoms with Crippen molar-refractivity contribution in [3.8, 4) is 80.8 Å². The molecule has 0 radical (unpaired) electrons. The molecule has 0 saturated carbocycles. The fourth-order valence-corrected chi connectivity index (χ4v) is 11.3. The summed E-state index contributed by atoms with van der Waals surface area (Å²) in [4.78, 5) is 101. The van der Waals surface area contributed by atoms with Gasteiger partial charge in [-0.3, -0.25) is 25.5 Å². The van der Waals surface area contributed by atoms with Crippen LogP contribution < -0.4 is 65.7 Å². The van der Waals surface area contributed by atoms with Crippen molar-refractivity contribution in [3.63, 3.8) is 0 Å². The molecule has 0 unspecified atom stereocenters.